The minimum atomic E-state index is -0.0445. The van der Waals surface area contributed by atoms with Gasteiger partial charge in [0.05, 0.1) is 6.54 Å². The second-order valence-corrected chi connectivity index (χ2v) is 7.62. The van der Waals surface area contributed by atoms with Crippen LogP contribution in [-0.2, 0) is 11.3 Å². The standard InChI is InChI=1S/C20H31N5O2/c1-16-12-17(2)21-13-18(16)14-22-20(27)25-10-8-23(9-11-25)15-19(26)24-6-4-3-5-7-24/h12-13H,3-11,14-15H2,1-2H3,(H,22,27). The first kappa shape index (κ1) is 19.6. The van der Waals surface area contributed by atoms with Gasteiger partial charge in [-0.3, -0.25) is 14.7 Å². The topological polar surface area (TPSA) is 68.8 Å². The number of carbonyl (C=O) groups is 2. The third-order valence-corrected chi connectivity index (χ3v) is 5.51. The molecule has 3 amide bonds. The molecule has 0 bridgehead atoms. The smallest absolute Gasteiger partial charge is 0.317 e. The highest BCUT2D eigenvalue weighted by atomic mass is 16.2. The number of carbonyl (C=O) groups excluding carboxylic acids is 2. The molecule has 0 saturated carbocycles. The van der Waals surface area contributed by atoms with Crippen molar-refractivity contribution in [1.82, 2.24) is 25.0 Å². The molecule has 1 N–H and O–H groups in total. The van der Waals surface area contributed by atoms with E-state index >= 15 is 0 Å². The van der Waals surface area contributed by atoms with Crippen LogP contribution in [0.2, 0.25) is 0 Å². The lowest BCUT2D eigenvalue weighted by Gasteiger charge is -2.36. The average Bonchev–Trinajstić information content (AvgIpc) is 2.68. The maximum absolute atomic E-state index is 12.4. The zero-order chi connectivity index (χ0) is 19.2. The van der Waals surface area contributed by atoms with Crippen molar-refractivity contribution in [3.63, 3.8) is 0 Å². The zero-order valence-electron chi connectivity index (χ0n) is 16.5. The summed E-state index contributed by atoms with van der Waals surface area (Å²) in [4.78, 5) is 35.1. The highest BCUT2D eigenvalue weighted by Crippen LogP contribution is 2.11. The van der Waals surface area contributed by atoms with E-state index in [4.69, 9.17) is 0 Å². The molecule has 3 heterocycles. The van der Waals surface area contributed by atoms with Crippen LogP contribution in [0.4, 0.5) is 4.79 Å². The van der Waals surface area contributed by atoms with Crippen molar-refractivity contribution >= 4 is 11.9 Å². The molecule has 0 aromatic carbocycles. The Labute approximate surface area is 161 Å². The maximum atomic E-state index is 12.4. The fourth-order valence-corrected chi connectivity index (χ4v) is 3.74. The molecule has 2 aliphatic rings. The molecule has 0 unspecified atom stereocenters. The number of nitrogens with one attached hydrogen (secondary N) is 1. The first-order valence-corrected chi connectivity index (χ1v) is 9.98. The lowest BCUT2D eigenvalue weighted by Crippen LogP contribution is -2.53. The van der Waals surface area contributed by atoms with E-state index in [1.807, 2.05) is 35.9 Å². The van der Waals surface area contributed by atoms with E-state index in [0.29, 0.717) is 26.2 Å². The number of aromatic nitrogens is 1. The van der Waals surface area contributed by atoms with Gasteiger partial charge in [0, 0.05) is 57.7 Å². The fourth-order valence-electron chi connectivity index (χ4n) is 3.74. The van der Waals surface area contributed by atoms with Gasteiger partial charge in [0.1, 0.15) is 0 Å². The van der Waals surface area contributed by atoms with E-state index in [1.165, 1.54) is 6.42 Å². The summed E-state index contributed by atoms with van der Waals surface area (Å²) < 4.78 is 0. The zero-order valence-corrected chi connectivity index (χ0v) is 16.5. The first-order valence-electron chi connectivity index (χ1n) is 9.98. The van der Waals surface area contributed by atoms with Gasteiger partial charge in [0.15, 0.2) is 0 Å². The van der Waals surface area contributed by atoms with Crippen molar-refractivity contribution in [3.8, 4) is 0 Å². The highest BCUT2D eigenvalue weighted by Gasteiger charge is 2.24. The van der Waals surface area contributed by atoms with E-state index in [0.717, 1.165) is 55.8 Å². The van der Waals surface area contributed by atoms with Gasteiger partial charge in [0.25, 0.3) is 0 Å². The van der Waals surface area contributed by atoms with Gasteiger partial charge >= 0.3 is 6.03 Å². The molecule has 7 heteroatoms. The summed E-state index contributed by atoms with van der Waals surface area (Å²) in [6, 6.07) is 1.98. The summed E-state index contributed by atoms with van der Waals surface area (Å²) in [5.74, 6) is 0.231. The Morgan fingerprint density at radius 3 is 2.37 bits per heavy atom. The summed E-state index contributed by atoms with van der Waals surface area (Å²) >= 11 is 0. The molecule has 0 aliphatic carbocycles. The number of pyridine rings is 1. The Balaban J connectivity index is 1.40. The van der Waals surface area contributed by atoms with Crippen molar-refractivity contribution < 1.29 is 9.59 Å². The van der Waals surface area contributed by atoms with E-state index in [1.54, 1.807) is 0 Å². The van der Waals surface area contributed by atoms with Gasteiger partial charge in [0.2, 0.25) is 5.91 Å². The van der Waals surface area contributed by atoms with Crippen LogP contribution in [0.1, 0.15) is 36.1 Å². The number of rotatable bonds is 4. The molecule has 2 saturated heterocycles. The molecule has 0 spiro atoms. The van der Waals surface area contributed by atoms with Crippen molar-refractivity contribution in [3.05, 3.63) is 29.1 Å². The van der Waals surface area contributed by atoms with E-state index in [-0.39, 0.29) is 11.9 Å². The van der Waals surface area contributed by atoms with Crippen molar-refractivity contribution in [2.24, 2.45) is 0 Å². The number of hydrogen-bond donors (Lipinski definition) is 1. The molecule has 7 nitrogen and oxygen atoms in total. The predicted octanol–water partition coefficient (Wildman–Crippen LogP) is 1.54. The second kappa shape index (κ2) is 9.17. The van der Waals surface area contributed by atoms with E-state index in [2.05, 4.69) is 15.2 Å². The fraction of sp³-hybridized carbons (Fsp3) is 0.650. The number of piperidine rings is 1. The molecule has 148 valence electrons. The van der Waals surface area contributed by atoms with Crippen LogP contribution in [0.3, 0.4) is 0 Å². The van der Waals surface area contributed by atoms with E-state index in [9.17, 15) is 9.59 Å². The Morgan fingerprint density at radius 1 is 1.00 bits per heavy atom. The SMILES string of the molecule is Cc1cc(C)c(CNC(=O)N2CCN(CC(=O)N3CCCCC3)CC2)cn1. The predicted molar refractivity (Wildman–Crippen MR) is 104 cm³/mol. The number of piperazine rings is 1. The third-order valence-electron chi connectivity index (χ3n) is 5.51. The van der Waals surface area contributed by atoms with Crippen LogP contribution >= 0.6 is 0 Å². The van der Waals surface area contributed by atoms with Crippen molar-refractivity contribution in [1.29, 1.82) is 0 Å². The largest absolute Gasteiger partial charge is 0.342 e. The Kier molecular flexibility index (Phi) is 6.66. The monoisotopic (exact) mass is 373 g/mol. The van der Waals surface area contributed by atoms with Crippen LogP contribution in [0.25, 0.3) is 0 Å². The Morgan fingerprint density at radius 2 is 1.70 bits per heavy atom. The van der Waals surface area contributed by atoms with Gasteiger partial charge in [-0.15, -0.1) is 0 Å². The molecular formula is C20H31N5O2. The van der Waals surface area contributed by atoms with Crippen LogP contribution in [0.5, 0.6) is 0 Å². The lowest BCUT2D eigenvalue weighted by atomic mass is 10.1. The van der Waals surface area contributed by atoms with Gasteiger partial charge in [-0.2, -0.15) is 0 Å². The summed E-state index contributed by atoms with van der Waals surface area (Å²) in [5, 5.41) is 2.99. The number of nitrogens with zero attached hydrogens (tertiary/aromatic N) is 4. The van der Waals surface area contributed by atoms with Crippen LogP contribution in [0.15, 0.2) is 12.3 Å². The van der Waals surface area contributed by atoms with Crippen LogP contribution in [0, 0.1) is 13.8 Å². The number of amides is 3. The Bertz CT molecular complexity index is 664. The summed E-state index contributed by atoms with van der Waals surface area (Å²) in [6.45, 7) is 9.57. The highest BCUT2D eigenvalue weighted by molar-refractivity contribution is 5.78. The normalized spacial score (nSPS) is 18.4. The maximum Gasteiger partial charge on any atom is 0.317 e. The Hall–Kier alpha value is -2.15. The number of likely N-dealkylation sites (tertiary alicyclic amines) is 1. The molecule has 1 aromatic rings. The van der Waals surface area contributed by atoms with Crippen LogP contribution in [-0.4, -0.2) is 77.4 Å². The van der Waals surface area contributed by atoms with Crippen molar-refractivity contribution in [2.75, 3.05) is 45.8 Å². The lowest BCUT2D eigenvalue weighted by molar-refractivity contribution is -0.133. The minimum Gasteiger partial charge on any atom is -0.342 e. The van der Waals surface area contributed by atoms with Gasteiger partial charge in [-0.1, -0.05) is 0 Å². The van der Waals surface area contributed by atoms with Gasteiger partial charge < -0.3 is 15.1 Å². The number of urea groups is 1. The average molecular weight is 374 g/mol. The number of hydrogen-bond acceptors (Lipinski definition) is 4. The summed E-state index contributed by atoms with van der Waals surface area (Å²) in [5.41, 5.74) is 3.17. The summed E-state index contributed by atoms with van der Waals surface area (Å²) in [6.07, 6.45) is 5.30. The molecule has 3 rings (SSSR count). The molecule has 2 aliphatic heterocycles. The van der Waals surface area contributed by atoms with E-state index < -0.39 is 0 Å². The molecule has 2 fully saturated rings. The van der Waals surface area contributed by atoms with Gasteiger partial charge in [-0.25, -0.2) is 4.79 Å². The van der Waals surface area contributed by atoms with Crippen molar-refractivity contribution in [2.45, 2.75) is 39.7 Å². The molecule has 27 heavy (non-hydrogen) atoms. The number of aryl methyl sites for hydroxylation is 2. The minimum absolute atomic E-state index is 0.0445. The third kappa shape index (κ3) is 5.42. The van der Waals surface area contributed by atoms with Gasteiger partial charge in [-0.05, 0) is 50.3 Å². The molecule has 0 atom stereocenters. The molecule has 0 radical (unpaired) electrons. The van der Waals surface area contributed by atoms with Crippen LogP contribution < -0.4 is 5.32 Å². The molecular weight excluding hydrogens is 342 g/mol. The second-order valence-electron chi connectivity index (χ2n) is 7.62. The quantitative estimate of drug-likeness (QED) is 0.869. The first-order chi connectivity index (χ1) is 13.0. The summed E-state index contributed by atoms with van der Waals surface area (Å²) in [7, 11) is 0. The molecule has 1 aromatic heterocycles.